The molecule has 0 aliphatic carbocycles. The number of rotatable bonds is 6. The van der Waals surface area contributed by atoms with Crippen LogP contribution in [0, 0.1) is 5.92 Å². The Kier molecular flexibility index (Phi) is 5.79. The van der Waals surface area contributed by atoms with Gasteiger partial charge in [-0.05, 0) is 17.6 Å². The van der Waals surface area contributed by atoms with Crippen LogP contribution in [0.1, 0.15) is 25.8 Å². The molecule has 0 aliphatic heterocycles. The Bertz CT molecular complexity index is 454. The van der Waals surface area contributed by atoms with E-state index in [1.807, 2.05) is 37.3 Å². The Hall–Kier alpha value is -2.10. The van der Waals surface area contributed by atoms with Gasteiger partial charge < -0.3 is 10.4 Å². The molecule has 0 radical (unpaired) electrons. The fourth-order valence-corrected chi connectivity index (χ4v) is 1.62. The predicted molar refractivity (Wildman–Crippen MR) is 74.5 cm³/mol. The zero-order valence-electron chi connectivity index (χ0n) is 11.2. The van der Waals surface area contributed by atoms with Crippen LogP contribution in [-0.2, 0) is 9.59 Å². The lowest BCUT2D eigenvalue weighted by Gasteiger charge is -2.19. The van der Waals surface area contributed by atoms with Gasteiger partial charge in [0.1, 0.15) is 6.04 Å². The Labute approximate surface area is 113 Å². The predicted octanol–water partition coefficient (Wildman–Crippen LogP) is 2.32. The quantitative estimate of drug-likeness (QED) is 0.772. The molecule has 4 nitrogen and oxygen atoms in total. The molecule has 0 spiro atoms. The fraction of sp³-hybridized carbons (Fsp3) is 0.333. The van der Waals surface area contributed by atoms with E-state index in [2.05, 4.69) is 5.32 Å². The molecule has 1 aromatic carbocycles. The van der Waals surface area contributed by atoms with Crippen LogP contribution in [0.4, 0.5) is 0 Å². The first-order chi connectivity index (χ1) is 9.04. The van der Waals surface area contributed by atoms with Crippen molar-refractivity contribution in [3.05, 3.63) is 42.0 Å². The zero-order chi connectivity index (χ0) is 14.3. The largest absolute Gasteiger partial charge is 0.480 e. The van der Waals surface area contributed by atoms with E-state index < -0.39 is 17.9 Å². The van der Waals surface area contributed by atoms with Crippen molar-refractivity contribution in [2.75, 3.05) is 0 Å². The van der Waals surface area contributed by atoms with Crippen molar-refractivity contribution in [2.24, 2.45) is 5.92 Å². The standard InChI is InChI=1S/C15H19NO3/c1-3-11(2)14(15(18)19)16-13(17)10-9-12-7-5-4-6-8-12/h4-11,14H,3H2,1-2H3,(H,16,17)(H,18,19). The van der Waals surface area contributed by atoms with E-state index in [0.717, 1.165) is 5.56 Å². The number of carboxylic acid groups (broad SMARTS) is 1. The van der Waals surface area contributed by atoms with Gasteiger partial charge in [-0.2, -0.15) is 0 Å². The number of amides is 1. The van der Waals surface area contributed by atoms with Crippen molar-refractivity contribution in [3.63, 3.8) is 0 Å². The van der Waals surface area contributed by atoms with Crippen LogP contribution in [0.15, 0.2) is 36.4 Å². The maximum Gasteiger partial charge on any atom is 0.326 e. The number of carboxylic acids is 1. The minimum Gasteiger partial charge on any atom is -0.480 e. The summed E-state index contributed by atoms with van der Waals surface area (Å²) in [6.45, 7) is 3.70. The molecular weight excluding hydrogens is 242 g/mol. The van der Waals surface area contributed by atoms with Crippen LogP contribution >= 0.6 is 0 Å². The summed E-state index contributed by atoms with van der Waals surface area (Å²) in [4.78, 5) is 22.8. The smallest absolute Gasteiger partial charge is 0.326 e. The summed E-state index contributed by atoms with van der Waals surface area (Å²) >= 11 is 0. The van der Waals surface area contributed by atoms with Gasteiger partial charge in [0.25, 0.3) is 0 Å². The minimum absolute atomic E-state index is 0.105. The summed E-state index contributed by atoms with van der Waals surface area (Å²) < 4.78 is 0. The number of carbonyl (C=O) groups is 2. The molecule has 0 aromatic heterocycles. The lowest BCUT2D eigenvalue weighted by atomic mass is 9.99. The second-order valence-electron chi connectivity index (χ2n) is 4.45. The second-order valence-corrected chi connectivity index (χ2v) is 4.45. The molecule has 102 valence electrons. The molecule has 1 amide bonds. The average molecular weight is 261 g/mol. The fourth-order valence-electron chi connectivity index (χ4n) is 1.62. The van der Waals surface area contributed by atoms with Crippen molar-refractivity contribution in [1.82, 2.24) is 5.32 Å². The van der Waals surface area contributed by atoms with Crippen LogP contribution in [0.25, 0.3) is 6.08 Å². The average Bonchev–Trinajstić information content (AvgIpc) is 2.42. The van der Waals surface area contributed by atoms with Gasteiger partial charge in [0.05, 0.1) is 0 Å². The molecule has 0 heterocycles. The van der Waals surface area contributed by atoms with Crippen molar-refractivity contribution in [2.45, 2.75) is 26.3 Å². The lowest BCUT2D eigenvalue weighted by Crippen LogP contribution is -2.44. The third-order valence-corrected chi connectivity index (χ3v) is 3.00. The first-order valence-corrected chi connectivity index (χ1v) is 6.31. The topological polar surface area (TPSA) is 66.4 Å². The number of hydrogen-bond donors (Lipinski definition) is 2. The first-order valence-electron chi connectivity index (χ1n) is 6.31. The summed E-state index contributed by atoms with van der Waals surface area (Å²) in [5, 5.41) is 11.6. The van der Waals surface area contributed by atoms with Crippen molar-refractivity contribution < 1.29 is 14.7 Å². The molecular formula is C15H19NO3. The Balaban J connectivity index is 2.63. The number of aliphatic carboxylic acids is 1. The Morgan fingerprint density at radius 1 is 1.32 bits per heavy atom. The van der Waals surface area contributed by atoms with Gasteiger partial charge in [-0.1, -0.05) is 50.6 Å². The zero-order valence-corrected chi connectivity index (χ0v) is 11.2. The van der Waals surface area contributed by atoms with E-state index >= 15 is 0 Å². The van der Waals surface area contributed by atoms with E-state index in [1.54, 1.807) is 13.0 Å². The van der Waals surface area contributed by atoms with E-state index in [0.29, 0.717) is 6.42 Å². The highest BCUT2D eigenvalue weighted by molar-refractivity contribution is 5.94. The molecule has 2 unspecified atom stereocenters. The van der Waals surface area contributed by atoms with Crippen LogP contribution < -0.4 is 5.32 Å². The summed E-state index contributed by atoms with van der Waals surface area (Å²) in [6.07, 6.45) is 3.71. The molecule has 1 rings (SSSR count). The third-order valence-electron chi connectivity index (χ3n) is 3.00. The molecule has 4 heteroatoms. The van der Waals surface area contributed by atoms with Gasteiger partial charge in [-0.3, -0.25) is 4.79 Å². The third kappa shape index (κ3) is 4.95. The van der Waals surface area contributed by atoms with Gasteiger partial charge in [-0.25, -0.2) is 4.79 Å². The Morgan fingerprint density at radius 2 is 1.95 bits per heavy atom. The highest BCUT2D eigenvalue weighted by Crippen LogP contribution is 2.08. The maximum absolute atomic E-state index is 11.7. The van der Waals surface area contributed by atoms with Gasteiger partial charge in [0.2, 0.25) is 5.91 Å². The van der Waals surface area contributed by atoms with E-state index in [-0.39, 0.29) is 5.92 Å². The molecule has 0 fully saturated rings. The molecule has 0 aliphatic rings. The van der Waals surface area contributed by atoms with Crippen LogP contribution in [0.2, 0.25) is 0 Å². The van der Waals surface area contributed by atoms with Crippen molar-refractivity contribution in [1.29, 1.82) is 0 Å². The first kappa shape index (κ1) is 15.0. The maximum atomic E-state index is 11.7. The molecule has 19 heavy (non-hydrogen) atoms. The van der Waals surface area contributed by atoms with E-state index in [1.165, 1.54) is 6.08 Å². The normalized spacial score (nSPS) is 14.0. The number of carbonyl (C=O) groups excluding carboxylic acids is 1. The monoisotopic (exact) mass is 261 g/mol. The van der Waals surface area contributed by atoms with Gasteiger partial charge in [0, 0.05) is 6.08 Å². The highest BCUT2D eigenvalue weighted by atomic mass is 16.4. The molecule has 0 saturated heterocycles. The summed E-state index contributed by atoms with van der Waals surface area (Å²) in [5.74, 6) is -1.50. The van der Waals surface area contributed by atoms with Crippen LogP contribution in [0.5, 0.6) is 0 Å². The lowest BCUT2D eigenvalue weighted by molar-refractivity contribution is -0.142. The minimum atomic E-state index is -1.00. The molecule has 2 atom stereocenters. The highest BCUT2D eigenvalue weighted by Gasteiger charge is 2.24. The molecule has 1 aromatic rings. The van der Waals surface area contributed by atoms with Crippen LogP contribution in [0.3, 0.4) is 0 Å². The summed E-state index contributed by atoms with van der Waals surface area (Å²) in [5.41, 5.74) is 0.896. The number of hydrogen-bond acceptors (Lipinski definition) is 2. The summed E-state index contributed by atoms with van der Waals surface area (Å²) in [6, 6.07) is 8.52. The molecule has 0 bridgehead atoms. The van der Waals surface area contributed by atoms with Gasteiger partial charge >= 0.3 is 5.97 Å². The van der Waals surface area contributed by atoms with Crippen LogP contribution in [-0.4, -0.2) is 23.0 Å². The molecule has 0 saturated carbocycles. The second kappa shape index (κ2) is 7.36. The van der Waals surface area contributed by atoms with Crippen molar-refractivity contribution >= 4 is 18.0 Å². The SMILES string of the molecule is CCC(C)C(NC(=O)C=Cc1ccccc1)C(=O)O. The van der Waals surface area contributed by atoms with E-state index in [4.69, 9.17) is 5.11 Å². The van der Waals surface area contributed by atoms with E-state index in [9.17, 15) is 9.59 Å². The molecule has 2 N–H and O–H groups in total. The number of nitrogens with one attached hydrogen (secondary N) is 1. The van der Waals surface area contributed by atoms with Gasteiger partial charge in [0.15, 0.2) is 0 Å². The Morgan fingerprint density at radius 3 is 2.47 bits per heavy atom. The number of benzene rings is 1. The van der Waals surface area contributed by atoms with Gasteiger partial charge in [-0.15, -0.1) is 0 Å². The summed E-state index contributed by atoms with van der Waals surface area (Å²) in [7, 11) is 0. The van der Waals surface area contributed by atoms with Crippen molar-refractivity contribution in [3.8, 4) is 0 Å².